The number of nitrogens with one attached hydrogen (secondary N) is 1. The molecular formula is C20H17BrN4O3. The minimum atomic E-state index is -1.13. The lowest BCUT2D eigenvalue weighted by Gasteiger charge is -2.22. The van der Waals surface area contributed by atoms with E-state index in [-0.39, 0.29) is 18.3 Å². The van der Waals surface area contributed by atoms with Gasteiger partial charge in [-0.25, -0.2) is 4.79 Å². The molecule has 0 radical (unpaired) electrons. The normalized spacial score (nSPS) is 19.2. The largest absolute Gasteiger partial charge is 0.337 e. The van der Waals surface area contributed by atoms with Crippen molar-refractivity contribution < 1.29 is 14.1 Å². The molecule has 1 aromatic heterocycles. The van der Waals surface area contributed by atoms with E-state index in [1.165, 1.54) is 0 Å². The Morgan fingerprint density at radius 3 is 2.64 bits per heavy atom. The lowest BCUT2D eigenvalue weighted by Crippen LogP contribution is -2.40. The van der Waals surface area contributed by atoms with Crippen molar-refractivity contribution in [3.63, 3.8) is 0 Å². The van der Waals surface area contributed by atoms with Gasteiger partial charge >= 0.3 is 6.03 Å². The first-order chi connectivity index (χ1) is 13.4. The van der Waals surface area contributed by atoms with E-state index in [0.29, 0.717) is 5.82 Å². The number of aryl methyl sites for hydroxylation is 1. The van der Waals surface area contributed by atoms with Crippen LogP contribution >= 0.6 is 15.9 Å². The molecule has 1 N–H and O–H groups in total. The minimum absolute atomic E-state index is 0.0902. The molecule has 3 aromatic rings. The molecule has 1 fully saturated rings. The Bertz CT molecular complexity index is 1060. The van der Waals surface area contributed by atoms with Crippen molar-refractivity contribution >= 4 is 27.9 Å². The van der Waals surface area contributed by atoms with Gasteiger partial charge in [0.25, 0.3) is 5.91 Å². The summed E-state index contributed by atoms with van der Waals surface area (Å²) in [6.45, 7) is 3.57. The number of aromatic nitrogens is 2. The lowest BCUT2D eigenvalue weighted by atomic mass is 9.91. The Kier molecular flexibility index (Phi) is 4.50. The van der Waals surface area contributed by atoms with Crippen LogP contribution in [-0.4, -0.2) is 27.0 Å². The van der Waals surface area contributed by atoms with Crippen molar-refractivity contribution in [2.45, 2.75) is 25.9 Å². The van der Waals surface area contributed by atoms with E-state index in [1.807, 2.05) is 55.5 Å². The van der Waals surface area contributed by atoms with E-state index >= 15 is 0 Å². The first-order valence-corrected chi connectivity index (χ1v) is 9.46. The van der Waals surface area contributed by atoms with Crippen LogP contribution in [0.15, 0.2) is 57.5 Å². The van der Waals surface area contributed by atoms with Crippen molar-refractivity contribution in [3.05, 3.63) is 70.0 Å². The predicted octanol–water partition coefficient (Wildman–Crippen LogP) is 3.77. The number of imide groups is 1. The third-order valence-corrected chi connectivity index (χ3v) is 5.24. The van der Waals surface area contributed by atoms with Gasteiger partial charge in [0.15, 0.2) is 0 Å². The van der Waals surface area contributed by atoms with Crippen molar-refractivity contribution in [2.24, 2.45) is 0 Å². The second-order valence-corrected chi connectivity index (χ2v) is 7.75. The van der Waals surface area contributed by atoms with Gasteiger partial charge in [-0.2, -0.15) is 4.98 Å². The molecule has 142 valence electrons. The summed E-state index contributed by atoms with van der Waals surface area (Å²) in [6, 6.07) is 14.5. The van der Waals surface area contributed by atoms with Gasteiger partial charge < -0.3 is 9.84 Å². The molecule has 4 rings (SSSR count). The highest BCUT2D eigenvalue weighted by molar-refractivity contribution is 9.10. The topological polar surface area (TPSA) is 88.3 Å². The second kappa shape index (κ2) is 6.87. The third-order valence-electron chi connectivity index (χ3n) is 4.75. The molecule has 0 saturated carbocycles. The third kappa shape index (κ3) is 3.20. The summed E-state index contributed by atoms with van der Waals surface area (Å²) in [4.78, 5) is 30.9. The van der Waals surface area contributed by atoms with Crippen LogP contribution in [0.1, 0.15) is 23.9 Å². The molecule has 1 aliphatic rings. The van der Waals surface area contributed by atoms with Crippen LogP contribution in [0.5, 0.6) is 0 Å². The van der Waals surface area contributed by atoms with E-state index in [1.54, 1.807) is 6.92 Å². The van der Waals surface area contributed by atoms with Gasteiger partial charge in [0, 0.05) is 10.0 Å². The first-order valence-electron chi connectivity index (χ1n) is 8.66. The molecule has 7 nitrogen and oxygen atoms in total. The van der Waals surface area contributed by atoms with Gasteiger partial charge in [-0.15, -0.1) is 0 Å². The monoisotopic (exact) mass is 440 g/mol. The summed E-state index contributed by atoms with van der Waals surface area (Å²) in [6.07, 6.45) is 0. The molecule has 0 aliphatic carbocycles. The summed E-state index contributed by atoms with van der Waals surface area (Å²) in [5.41, 5.74) is 1.44. The predicted molar refractivity (Wildman–Crippen MR) is 105 cm³/mol. The summed E-state index contributed by atoms with van der Waals surface area (Å²) < 4.78 is 6.15. The van der Waals surface area contributed by atoms with Gasteiger partial charge in [0.05, 0.1) is 0 Å². The quantitative estimate of drug-likeness (QED) is 0.623. The van der Waals surface area contributed by atoms with Crippen molar-refractivity contribution in [1.82, 2.24) is 20.4 Å². The number of amides is 3. The van der Waals surface area contributed by atoms with Crippen molar-refractivity contribution in [1.29, 1.82) is 0 Å². The summed E-state index contributed by atoms with van der Waals surface area (Å²) in [7, 11) is 0. The van der Waals surface area contributed by atoms with Gasteiger partial charge in [0.1, 0.15) is 12.1 Å². The number of rotatable bonds is 4. The van der Waals surface area contributed by atoms with Gasteiger partial charge in [-0.05, 0) is 31.5 Å². The molecule has 1 atom stereocenters. The second-order valence-electron chi connectivity index (χ2n) is 6.83. The SMILES string of the molecule is Cc1ccc(C2(C)NC(=O)N(Cc3nc(-c4cccc(Br)c4)no3)C2=O)cc1. The molecule has 1 aliphatic heterocycles. The number of carbonyl (C=O) groups is 2. The number of urea groups is 1. The number of benzene rings is 2. The van der Waals surface area contributed by atoms with Gasteiger partial charge in [-0.3, -0.25) is 9.69 Å². The van der Waals surface area contributed by atoms with E-state index in [2.05, 4.69) is 31.4 Å². The molecule has 3 amide bonds. The number of hydrogen-bond acceptors (Lipinski definition) is 5. The Hall–Kier alpha value is -3.00. The van der Waals surface area contributed by atoms with Crippen LogP contribution in [0.4, 0.5) is 4.79 Å². The fourth-order valence-corrected chi connectivity index (χ4v) is 3.52. The number of carbonyl (C=O) groups excluding carboxylic acids is 2. The number of nitrogens with zero attached hydrogens (tertiary/aromatic N) is 3. The average molecular weight is 441 g/mol. The molecular weight excluding hydrogens is 424 g/mol. The molecule has 2 heterocycles. The zero-order valence-corrected chi connectivity index (χ0v) is 16.9. The lowest BCUT2D eigenvalue weighted by molar-refractivity contribution is -0.131. The number of halogens is 1. The van der Waals surface area contributed by atoms with E-state index in [0.717, 1.165) is 26.1 Å². The van der Waals surface area contributed by atoms with Crippen LogP contribution in [-0.2, 0) is 16.9 Å². The van der Waals surface area contributed by atoms with Crippen LogP contribution < -0.4 is 5.32 Å². The maximum absolute atomic E-state index is 13.0. The van der Waals surface area contributed by atoms with E-state index in [4.69, 9.17) is 4.52 Å². The highest BCUT2D eigenvalue weighted by Crippen LogP contribution is 2.30. The fraction of sp³-hybridized carbons (Fsp3) is 0.200. The maximum atomic E-state index is 13.0. The van der Waals surface area contributed by atoms with Crippen LogP contribution in [0.2, 0.25) is 0 Å². The highest BCUT2D eigenvalue weighted by atomic mass is 79.9. The highest BCUT2D eigenvalue weighted by Gasteiger charge is 2.49. The van der Waals surface area contributed by atoms with E-state index < -0.39 is 11.6 Å². The van der Waals surface area contributed by atoms with Crippen LogP contribution in [0, 0.1) is 6.92 Å². The molecule has 0 bridgehead atoms. The summed E-state index contributed by atoms with van der Waals surface area (Å²) >= 11 is 3.40. The Labute approximate surface area is 169 Å². The number of hydrogen-bond donors (Lipinski definition) is 1. The molecule has 1 saturated heterocycles. The standard InChI is InChI=1S/C20H17BrN4O3/c1-12-6-8-14(9-7-12)20(2)18(26)25(19(27)23-20)11-16-22-17(24-28-16)13-4-3-5-15(21)10-13/h3-10H,11H2,1-2H3,(H,23,27). The molecule has 28 heavy (non-hydrogen) atoms. The average Bonchev–Trinajstić information content (AvgIpc) is 3.22. The molecule has 2 aromatic carbocycles. The van der Waals surface area contributed by atoms with Crippen LogP contribution in [0.25, 0.3) is 11.4 Å². The Balaban J connectivity index is 1.56. The van der Waals surface area contributed by atoms with E-state index in [9.17, 15) is 9.59 Å². The zero-order chi connectivity index (χ0) is 19.9. The van der Waals surface area contributed by atoms with Gasteiger partial charge in [-0.1, -0.05) is 63.0 Å². The summed E-state index contributed by atoms with van der Waals surface area (Å²) in [5, 5.41) is 6.72. The molecule has 8 heteroatoms. The minimum Gasteiger partial charge on any atom is -0.337 e. The molecule has 1 unspecified atom stereocenters. The van der Waals surface area contributed by atoms with Crippen molar-refractivity contribution in [3.8, 4) is 11.4 Å². The smallest absolute Gasteiger partial charge is 0.325 e. The Morgan fingerprint density at radius 2 is 1.93 bits per heavy atom. The summed E-state index contributed by atoms with van der Waals surface area (Å²) in [5.74, 6) is 0.222. The van der Waals surface area contributed by atoms with Crippen LogP contribution in [0.3, 0.4) is 0 Å². The van der Waals surface area contributed by atoms with Gasteiger partial charge in [0.2, 0.25) is 11.7 Å². The van der Waals surface area contributed by atoms with Crippen molar-refractivity contribution in [2.75, 3.05) is 0 Å². The maximum Gasteiger partial charge on any atom is 0.325 e. The molecule has 0 spiro atoms. The Morgan fingerprint density at radius 1 is 1.18 bits per heavy atom. The first kappa shape index (κ1) is 18.4. The fourth-order valence-electron chi connectivity index (χ4n) is 3.12. The zero-order valence-electron chi connectivity index (χ0n) is 15.3.